The predicted octanol–water partition coefficient (Wildman–Crippen LogP) is 1.96. The average molecular weight is 273 g/mol. The third-order valence-corrected chi connectivity index (χ3v) is 4.34. The van der Waals surface area contributed by atoms with E-state index in [1.54, 1.807) is 12.4 Å². The van der Waals surface area contributed by atoms with Gasteiger partial charge >= 0.3 is 0 Å². The van der Waals surface area contributed by atoms with Crippen LogP contribution in [0.15, 0.2) is 24.5 Å². The molecular formula is C16H23N3O. The molecule has 1 saturated heterocycles. The van der Waals surface area contributed by atoms with Gasteiger partial charge in [0.15, 0.2) is 0 Å². The lowest BCUT2D eigenvalue weighted by molar-refractivity contribution is -0.132. The van der Waals surface area contributed by atoms with Crippen LogP contribution in [0, 0.1) is 5.92 Å². The summed E-state index contributed by atoms with van der Waals surface area (Å²) in [6.45, 7) is 2.94. The molecule has 1 atom stereocenters. The second kappa shape index (κ2) is 6.35. The zero-order chi connectivity index (χ0) is 13.8. The SMILES string of the molecule is O=C(CCC1CCNC1)N(Cc1ccncc1)C1CC1. The Bertz CT molecular complexity index is 438. The molecule has 1 amide bonds. The van der Waals surface area contributed by atoms with Crippen LogP contribution in [0.3, 0.4) is 0 Å². The Labute approximate surface area is 120 Å². The molecular weight excluding hydrogens is 250 g/mol. The van der Waals surface area contributed by atoms with Crippen LogP contribution < -0.4 is 5.32 Å². The fourth-order valence-corrected chi connectivity index (χ4v) is 2.92. The average Bonchev–Trinajstić information content (AvgIpc) is 3.19. The fraction of sp³-hybridized carbons (Fsp3) is 0.625. The lowest BCUT2D eigenvalue weighted by atomic mass is 10.0. The molecule has 1 aliphatic carbocycles. The lowest BCUT2D eigenvalue weighted by Gasteiger charge is -2.23. The van der Waals surface area contributed by atoms with Gasteiger partial charge in [0.05, 0.1) is 0 Å². The summed E-state index contributed by atoms with van der Waals surface area (Å²) in [7, 11) is 0. The van der Waals surface area contributed by atoms with E-state index in [0.29, 0.717) is 24.3 Å². The summed E-state index contributed by atoms with van der Waals surface area (Å²) >= 11 is 0. The van der Waals surface area contributed by atoms with Gasteiger partial charge in [-0.15, -0.1) is 0 Å². The van der Waals surface area contributed by atoms with Crippen LogP contribution in [0.1, 0.15) is 37.7 Å². The second-order valence-electron chi connectivity index (χ2n) is 6.01. The second-order valence-corrected chi connectivity index (χ2v) is 6.01. The summed E-state index contributed by atoms with van der Waals surface area (Å²) in [5.41, 5.74) is 1.18. The van der Waals surface area contributed by atoms with Crippen molar-refractivity contribution < 1.29 is 4.79 Å². The molecule has 1 unspecified atom stereocenters. The number of hydrogen-bond acceptors (Lipinski definition) is 3. The molecule has 1 N–H and O–H groups in total. The molecule has 4 heteroatoms. The van der Waals surface area contributed by atoms with Gasteiger partial charge in [-0.25, -0.2) is 0 Å². The molecule has 2 fully saturated rings. The first-order valence-corrected chi connectivity index (χ1v) is 7.72. The van der Waals surface area contributed by atoms with Crippen molar-refractivity contribution in [1.82, 2.24) is 15.2 Å². The summed E-state index contributed by atoms with van der Waals surface area (Å²) < 4.78 is 0. The summed E-state index contributed by atoms with van der Waals surface area (Å²) in [5.74, 6) is 1.03. The highest BCUT2D eigenvalue weighted by Gasteiger charge is 2.32. The number of hydrogen-bond donors (Lipinski definition) is 1. The van der Waals surface area contributed by atoms with E-state index in [-0.39, 0.29) is 0 Å². The van der Waals surface area contributed by atoms with Crippen LogP contribution in [0.4, 0.5) is 0 Å². The molecule has 3 rings (SSSR count). The van der Waals surface area contributed by atoms with Gasteiger partial charge < -0.3 is 10.2 Å². The molecule has 2 heterocycles. The maximum absolute atomic E-state index is 12.5. The number of nitrogens with zero attached hydrogens (tertiary/aromatic N) is 2. The number of carbonyl (C=O) groups excluding carboxylic acids is 1. The third kappa shape index (κ3) is 3.57. The summed E-state index contributed by atoms with van der Waals surface area (Å²) in [4.78, 5) is 18.6. The van der Waals surface area contributed by atoms with Crippen molar-refractivity contribution in [2.24, 2.45) is 5.92 Å². The molecule has 2 aliphatic rings. The maximum atomic E-state index is 12.5. The largest absolute Gasteiger partial charge is 0.335 e. The topological polar surface area (TPSA) is 45.2 Å². The zero-order valence-electron chi connectivity index (χ0n) is 11.9. The number of aromatic nitrogens is 1. The molecule has 0 aromatic carbocycles. The van der Waals surface area contributed by atoms with Gasteiger partial charge in [-0.3, -0.25) is 9.78 Å². The summed E-state index contributed by atoms with van der Waals surface area (Å²) in [6, 6.07) is 4.49. The number of nitrogens with one attached hydrogen (secondary N) is 1. The smallest absolute Gasteiger partial charge is 0.223 e. The van der Waals surface area contributed by atoms with Gasteiger partial charge in [-0.1, -0.05) is 0 Å². The molecule has 0 bridgehead atoms. The first-order valence-electron chi connectivity index (χ1n) is 7.72. The normalized spacial score (nSPS) is 21.9. The summed E-state index contributed by atoms with van der Waals surface area (Å²) in [6.07, 6.45) is 8.90. The van der Waals surface area contributed by atoms with Crippen LogP contribution in [0.2, 0.25) is 0 Å². The van der Waals surface area contributed by atoms with Crippen molar-refractivity contribution in [2.45, 2.75) is 44.7 Å². The Hall–Kier alpha value is -1.42. The number of carbonyl (C=O) groups is 1. The van der Waals surface area contributed by atoms with E-state index in [1.807, 2.05) is 12.1 Å². The molecule has 4 nitrogen and oxygen atoms in total. The lowest BCUT2D eigenvalue weighted by Crippen LogP contribution is -2.32. The molecule has 0 radical (unpaired) electrons. The Morgan fingerprint density at radius 1 is 1.30 bits per heavy atom. The standard InChI is InChI=1S/C16H23N3O/c20-16(4-1-13-5-10-18-11-13)19(15-2-3-15)12-14-6-8-17-9-7-14/h6-9,13,15,18H,1-5,10-12H2. The van der Waals surface area contributed by atoms with E-state index < -0.39 is 0 Å². The Kier molecular flexibility index (Phi) is 4.31. The van der Waals surface area contributed by atoms with Crippen molar-refractivity contribution >= 4 is 5.91 Å². The van der Waals surface area contributed by atoms with Crippen molar-refractivity contribution in [1.29, 1.82) is 0 Å². The van der Waals surface area contributed by atoms with E-state index in [4.69, 9.17) is 0 Å². The highest BCUT2D eigenvalue weighted by molar-refractivity contribution is 5.76. The van der Waals surface area contributed by atoms with Crippen LogP contribution in [0.25, 0.3) is 0 Å². The predicted molar refractivity (Wildman–Crippen MR) is 78.0 cm³/mol. The van der Waals surface area contributed by atoms with E-state index in [9.17, 15) is 4.79 Å². The quantitative estimate of drug-likeness (QED) is 0.862. The Morgan fingerprint density at radius 2 is 2.10 bits per heavy atom. The molecule has 1 aromatic heterocycles. The van der Waals surface area contributed by atoms with Gasteiger partial charge in [-0.05, 0) is 62.4 Å². The first-order chi connectivity index (χ1) is 9.83. The van der Waals surface area contributed by atoms with E-state index in [2.05, 4.69) is 15.2 Å². The maximum Gasteiger partial charge on any atom is 0.223 e. The van der Waals surface area contributed by atoms with Gasteiger partial charge in [0, 0.05) is 31.4 Å². The van der Waals surface area contributed by atoms with Gasteiger partial charge in [-0.2, -0.15) is 0 Å². The van der Waals surface area contributed by atoms with Crippen LogP contribution in [0.5, 0.6) is 0 Å². The van der Waals surface area contributed by atoms with Crippen LogP contribution in [-0.4, -0.2) is 34.9 Å². The highest BCUT2D eigenvalue weighted by Crippen LogP contribution is 2.29. The number of amides is 1. The molecule has 20 heavy (non-hydrogen) atoms. The zero-order valence-corrected chi connectivity index (χ0v) is 11.9. The van der Waals surface area contributed by atoms with Crippen molar-refractivity contribution in [3.63, 3.8) is 0 Å². The number of rotatable bonds is 6. The minimum atomic E-state index is 0.330. The highest BCUT2D eigenvalue weighted by atomic mass is 16.2. The van der Waals surface area contributed by atoms with Gasteiger partial charge in [0.1, 0.15) is 0 Å². The monoisotopic (exact) mass is 273 g/mol. The van der Waals surface area contributed by atoms with E-state index in [0.717, 1.165) is 26.1 Å². The van der Waals surface area contributed by atoms with E-state index in [1.165, 1.54) is 24.8 Å². The summed E-state index contributed by atoms with van der Waals surface area (Å²) in [5, 5.41) is 3.37. The number of pyridine rings is 1. The minimum Gasteiger partial charge on any atom is -0.335 e. The fourth-order valence-electron chi connectivity index (χ4n) is 2.92. The Balaban J connectivity index is 1.54. The molecule has 0 spiro atoms. The molecule has 108 valence electrons. The van der Waals surface area contributed by atoms with Crippen molar-refractivity contribution in [2.75, 3.05) is 13.1 Å². The van der Waals surface area contributed by atoms with Crippen molar-refractivity contribution in [3.8, 4) is 0 Å². The van der Waals surface area contributed by atoms with Crippen LogP contribution in [-0.2, 0) is 11.3 Å². The minimum absolute atomic E-state index is 0.330. The first kappa shape index (κ1) is 13.6. The van der Waals surface area contributed by atoms with Gasteiger partial charge in [0.25, 0.3) is 0 Å². The van der Waals surface area contributed by atoms with Gasteiger partial charge in [0.2, 0.25) is 5.91 Å². The molecule has 1 aromatic rings. The van der Waals surface area contributed by atoms with E-state index >= 15 is 0 Å². The molecule has 1 saturated carbocycles. The van der Waals surface area contributed by atoms with Crippen LogP contribution >= 0.6 is 0 Å². The van der Waals surface area contributed by atoms with Crippen molar-refractivity contribution in [3.05, 3.63) is 30.1 Å². The Morgan fingerprint density at radius 3 is 2.75 bits per heavy atom. The molecule has 1 aliphatic heterocycles. The third-order valence-electron chi connectivity index (χ3n) is 4.34.